The molecule has 4 rings (SSSR count). The fraction of sp³-hybridized carbons (Fsp3) is 0.400. The van der Waals surface area contributed by atoms with E-state index in [9.17, 15) is 14.4 Å². The molecule has 1 heterocycles. The van der Waals surface area contributed by atoms with Crippen LogP contribution < -0.4 is 19.1 Å². The molecule has 1 atom stereocenters. The summed E-state index contributed by atoms with van der Waals surface area (Å²) >= 11 is 0. The van der Waals surface area contributed by atoms with Crippen LogP contribution in [0.1, 0.15) is 42.5 Å². The zero-order chi connectivity index (χ0) is 23.5. The van der Waals surface area contributed by atoms with Crippen LogP contribution in [0.4, 0.5) is 5.69 Å². The summed E-state index contributed by atoms with van der Waals surface area (Å²) in [5.41, 5.74) is 0.862. The normalized spacial score (nSPS) is 18.5. The van der Waals surface area contributed by atoms with Gasteiger partial charge in [-0.1, -0.05) is 12.8 Å². The third kappa shape index (κ3) is 4.25. The highest BCUT2D eigenvalue weighted by molar-refractivity contribution is 6.23. The van der Waals surface area contributed by atoms with Crippen LogP contribution in [0.2, 0.25) is 0 Å². The summed E-state index contributed by atoms with van der Waals surface area (Å²) in [4.78, 5) is 42.9. The second-order valence-corrected chi connectivity index (χ2v) is 8.21. The molecule has 2 aliphatic rings. The number of amides is 3. The van der Waals surface area contributed by atoms with Crippen LogP contribution in [0, 0.1) is 0 Å². The van der Waals surface area contributed by atoms with Crippen LogP contribution in [-0.2, 0) is 9.59 Å². The summed E-state index contributed by atoms with van der Waals surface area (Å²) in [6.45, 7) is 0. The molecule has 174 valence electrons. The van der Waals surface area contributed by atoms with E-state index in [4.69, 9.17) is 14.2 Å². The Balaban J connectivity index is 1.66. The van der Waals surface area contributed by atoms with E-state index in [0.29, 0.717) is 28.5 Å². The number of methoxy groups -OCH3 is 3. The van der Waals surface area contributed by atoms with Gasteiger partial charge in [-0.05, 0) is 55.3 Å². The molecule has 2 aromatic rings. The Hall–Kier alpha value is -3.55. The van der Waals surface area contributed by atoms with Crippen molar-refractivity contribution in [2.75, 3.05) is 26.2 Å². The van der Waals surface area contributed by atoms with Gasteiger partial charge < -0.3 is 19.1 Å². The van der Waals surface area contributed by atoms with E-state index >= 15 is 0 Å². The van der Waals surface area contributed by atoms with Crippen LogP contribution in [0.5, 0.6) is 17.2 Å². The first-order chi connectivity index (χ1) is 16.0. The van der Waals surface area contributed by atoms with Gasteiger partial charge in [0, 0.05) is 11.6 Å². The van der Waals surface area contributed by atoms with Gasteiger partial charge >= 0.3 is 0 Å². The van der Waals surface area contributed by atoms with Crippen LogP contribution in [0.25, 0.3) is 0 Å². The number of benzene rings is 2. The summed E-state index contributed by atoms with van der Waals surface area (Å²) in [6, 6.07) is 10.8. The Kier molecular flexibility index (Phi) is 6.53. The van der Waals surface area contributed by atoms with Crippen molar-refractivity contribution < 1.29 is 28.6 Å². The molecular formula is C25H28N2O6. The molecule has 1 aliphatic heterocycles. The van der Waals surface area contributed by atoms with Crippen molar-refractivity contribution in [2.24, 2.45) is 0 Å². The molecular weight excluding hydrogens is 424 g/mol. The van der Waals surface area contributed by atoms with E-state index in [1.807, 2.05) is 0 Å². The first kappa shape index (κ1) is 22.6. The van der Waals surface area contributed by atoms with Crippen molar-refractivity contribution in [3.8, 4) is 17.2 Å². The number of anilines is 1. The van der Waals surface area contributed by atoms with Gasteiger partial charge in [0.15, 0.2) is 11.5 Å². The maximum absolute atomic E-state index is 13.7. The highest BCUT2D eigenvalue weighted by atomic mass is 16.5. The lowest BCUT2D eigenvalue weighted by atomic mass is 10.1. The molecule has 0 bridgehead atoms. The Bertz CT molecular complexity index is 1050. The van der Waals surface area contributed by atoms with Gasteiger partial charge in [0.25, 0.3) is 11.8 Å². The second kappa shape index (κ2) is 9.52. The van der Waals surface area contributed by atoms with Gasteiger partial charge in [0.1, 0.15) is 11.8 Å². The molecule has 0 aromatic heterocycles. The van der Waals surface area contributed by atoms with Crippen molar-refractivity contribution in [1.29, 1.82) is 0 Å². The number of carbonyl (C=O) groups excluding carboxylic acids is 3. The Morgan fingerprint density at radius 1 is 0.909 bits per heavy atom. The quantitative estimate of drug-likeness (QED) is 0.599. The van der Waals surface area contributed by atoms with Gasteiger partial charge in [-0.3, -0.25) is 14.4 Å². The molecule has 0 N–H and O–H groups in total. The Morgan fingerprint density at radius 3 is 2.18 bits per heavy atom. The Labute approximate surface area is 193 Å². The largest absolute Gasteiger partial charge is 0.497 e. The van der Waals surface area contributed by atoms with E-state index < -0.39 is 6.04 Å². The molecule has 1 unspecified atom stereocenters. The van der Waals surface area contributed by atoms with Crippen molar-refractivity contribution in [3.63, 3.8) is 0 Å². The van der Waals surface area contributed by atoms with Crippen molar-refractivity contribution in [1.82, 2.24) is 4.90 Å². The predicted octanol–water partition coefficient (Wildman–Crippen LogP) is 3.43. The molecule has 3 amide bonds. The molecule has 8 nitrogen and oxygen atoms in total. The SMILES string of the molecule is COc1ccc(N2C(=O)CC(N(C(=O)c3ccc(OC)c(OC)c3)C3CCCC3)C2=O)cc1. The molecule has 1 saturated carbocycles. The van der Waals surface area contributed by atoms with Gasteiger partial charge in [0.05, 0.1) is 33.4 Å². The number of rotatable bonds is 7. The minimum absolute atomic E-state index is 0.0413. The average Bonchev–Trinajstić information content (AvgIpc) is 3.47. The summed E-state index contributed by atoms with van der Waals surface area (Å²) in [7, 11) is 4.59. The molecule has 0 radical (unpaired) electrons. The second-order valence-electron chi connectivity index (χ2n) is 8.21. The maximum Gasteiger partial charge on any atom is 0.257 e. The lowest BCUT2D eigenvalue weighted by Gasteiger charge is -2.33. The summed E-state index contributed by atoms with van der Waals surface area (Å²) < 4.78 is 15.8. The van der Waals surface area contributed by atoms with Crippen LogP contribution in [0.3, 0.4) is 0 Å². The smallest absolute Gasteiger partial charge is 0.257 e. The molecule has 2 aromatic carbocycles. The number of hydrogen-bond donors (Lipinski definition) is 0. The summed E-state index contributed by atoms with van der Waals surface area (Å²) in [5.74, 6) is 0.586. The topological polar surface area (TPSA) is 85.4 Å². The highest BCUT2D eigenvalue weighted by Gasteiger charge is 2.47. The van der Waals surface area contributed by atoms with Gasteiger partial charge in [0.2, 0.25) is 5.91 Å². The van der Waals surface area contributed by atoms with E-state index in [1.165, 1.54) is 19.1 Å². The first-order valence-electron chi connectivity index (χ1n) is 11.0. The van der Waals surface area contributed by atoms with Crippen LogP contribution in [-0.4, -0.2) is 56.0 Å². The number of carbonyl (C=O) groups is 3. The predicted molar refractivity (Wildman–Crippen MR) is 122 cm³/mol. The fourth-order valence-corrected chi connectivity index (χ4v) is 4.70. The van der Waals surface area contributed by atoms with Crippen LogP contribution in [0.15, 0.2) is 42.5 Å². The molecule has 1 saturated heterocycles. The fourth-order valence-electron chi connectivity index (χ4n) is 4.70. The Morgan fingerprint density at radius 2 is 1.58 bits per heavy atom. The lowest BCUT2D eigenvalue weighted by Crippen LogP contribution is -2.50. The molecule has 33 heavy (non-hydrogen) atoms. The number of ether oxygens (including phenoxy) is 3. The van der Waals surface area contributed by atoms with E-state index in [1.54, 1.807) is 54.5 Å². The van der Waals surface area contributed by atoms with Gasteiger partial charge in [-0.2, -0.15) is 0 Å². The van der Waals surface area contributed by atoms with Crippen molar-refractivity contribution >= 4 is 23.4 Å². The first-order valence-corrected chi connectivity index (χ1v) is 11.0. The van der Waals surface area contributed by atoms with Gasteiger partial charge in [-0.25, -0.2) is 4.90 Å². The number of nitrogens with zero attached hydrogens (tertiary/aromatic N) is 2. The third-order valence-corrected chi connectivity index (χ3v) is 6.37. The minimum atomic E-state index is -0.844. The maximum atomic E-state index is 13.7. The van der Waals surface area contributed by atoms with E-state index in [2.05, 4.69) is 0 Å². The lowest BCUT2D eigenvalue weighted by molar-refractivity contribution is -0.123. The van der Waals surface area contributed by atoms with E-state index in [0.717, 1.165) is 25.7 Å². The summed E-state index contributed by atoms with van der Waals surface area (Å²) in [5, 5.41) is 0. The monoisotopic (exact) mass is 452 g/mol. The van der Waals surface area contributed by atoms with Gasteiger partial charge in [-0.15, -0.1) is 0 Å². The van der Waals surface area contributed by atoms with Crippen molar-refractivity contribution in [2.45, 2.75) is 44.2 Å². The van der Waals surface area contributed by atoms with Crippen molar-refractivity contribution in [3.05, 3.63) is 48.0 Å². The zero-order valence-corrected chi connectivity index (χ0v) is 19.1. The molecule has 8 heteroatoms. The standard InChI is InChI=1S/C25H28N2O6/c1-31-19-11-9-18(10-12-19)27-23(28)15-20(25(27)30)26(17-6-4-5-7-17)24(29)16-8-13-21(32-2)22(14-16)33-3/h8-14,17,20H,4-7,15H2,1-3H3. The minimum Gasteiger partial charge on any atom is -0.497 e. The molecule has 2 fully saturated rings. The number of hydrogen-bond acceptors (Lipinski definition) is 6. The zero-order valence-electron chi connectivity index (χ0n) is 19.1. The molecule has 1 aliphatic carbocycles. The summed E-state index contributed by atoms with van der Waals surface area (Å²) in [6.07, 6.45) is 3.54. The highest BCUT2D eigenvalue weighted by Crippen LogP contribution is 2.35. The third-order valence-electron chi connectivity index (χ3n) is 6.37. The number of imide groups is 1. The van der Waals surface area contributed by atoms with E-state index in [-0.39, 0.29) is 30.2 Å². The average molecular weight is 453 g/mol. The van der Waals surface area contributed by atoms with Crippen LogP contribution >= 0.6 is 0 Å². The molecule has 0 spiro atoms.